The van der Waals surface area contributed by atoms with Crippen LogP contribution in [0.5, 0.6) is 0 Å². The summed E-state index contributed by atoms with van der Waals surface area (Å²) < 4.78 is 1.61. The molecule has 0 saturated heterocycles. The number of hydrogen-bond acceptors (Lipinski definition) is 4. The van der Waals surface area contributed by atoms with Crippen molar-refractivity contribution in [2.24, 2.45) is 7.05 Å². The SMILES string of the molecule is CCC(CCCl)Nc1nnnn1C. The lowest BCUT2D eigenvalue weighted by atomic mass is 10.2. The molecular formula is C7H14ClN5. The Hall–Kier alpha value is -0.840. The Morgan fingerprint density at radius 3 is 2.85 bits per heavy atom. The predicted molar refractivity (Wildman–Crippen MR) is 51.8 cm³/mol. The molecule has 74 valence electrons. The van der Waals surface area contributed by atoms with E-state index < -0.39 is 0 Å². The second-order valence-corrected chi connectivity index (χ2v) is 3.23. The molecule has 6 heteroatoms. The number of aryl methyl sites for hydroxylation is 1. The molecule has 13 heavy (non-hydrogen) atoms. The van der Waals surface area contributed by atoms with Crippen LogP contribution in [0.25, 0.3) is 0 Å². The highest BCUT2D eigenvalue weighted by molar-refractivity contribution is 6.17. The first-order chi connectivity index (χ1) is 6.27. The van der Waals surface area contributed by atoms with Gasteiger partial charge >= 0.3 is 0 Å². The van der Waals surface area contributed by atoms with Crippen molar-refractivity contribution in [2.75, 3.05) is 11.2 Å². The number of alkyl halides is 1. The van der Waals surface area contributed by atoms with E-state index in [-0.39, 0.29) is 0 Å². The molecule has 0 radical (unpaired) electrons. The molecule has 1 aromatic heterocycles. The lowest BCUT2D eigenvalue weighted by Crippen LogP contribution is -2.21. The summed E-state index contributed by atoms with van der Waals surface area (Å²) in [6, 6.07) is 0.349. The Kier molecular flexibility index (Phi) is 3.95. The fourth-order valence-corrected chi connectivity index (χ4v) is 1.31. The summed E-state index contributed by atoms with van der Waals surface area (Å²) in [6.45, 7) is 2.11. The highest BCUT2D eigenvalue weighted by atomic mass is 35.5. The van der Waals surface area contributed by atoms with Gasteiger partial charge in [-0.2, -0.15) is 0 Å². The van der Waals surface area contributed by atoms with Crippen molar-refractivity contribution in [3.8, 4) is 0 Å². The number of nitrogens with zero attached hydrogens (tertiary/aromatic N) is 4. The molecule has 0 aromatic carbocycles. The third kappa shape index (κ3) is 2.84. The van der Waals surface area contributed by atoms with Crippen molar-refractivity contribution in [2.45, 2.75) is 25.8 Å². The third-order valence-corrected chi connectivity index (χ3v) is 2.12. The van der Waals surface area contributed by atoms with Gasteiger partial charge in [0.2, 0.25) is 5.95 Å². The summed E-state index contributed by atoms with van der Waals surface area (Å²) in [5, 5.41) is 14.3. The Bertz CT molecular complexity index is 249. The lowest BCUT2D eigenvalue weighted by molar-refractivity contribution is 0.650. The number of hydrogen-bond donors (Lipinski definition) is 1. The van der Waals surface area contributed by atoms with Gasteiger partial charge in [0.25, 0.3) is 0 Å². The van der Waals surface area contributed by atoms with Crippen LogP contribution in [0.1, 0.15) is 19.8 Å². The predicted octanol–water partition coefficient (Wildman–Crippen LogP) is 1.03. The molecule has 1 unspecified atom stereocenters. The van der Waals surface area contributed by atoms with Crippen LogP contribution in [0, 0.1) is 0 Å². The monoisotopic (exact) mass is 203 g/mol. The van der Waals surface area contributed by atoms with E-state index in [2.05, 4.69) is 27.8 Å². The standard InChI is InChI=1S/C7H14ClN5/c1-3-6(4-5-8)9-7-10-11-12-13(7)2/h6H,3-5H2,1-2H3,(H,9,10,12). The van der Waals surface area contributed by atoms with Crippen LogP contribution < -0.4 is 5.32 Å². The van der Waals surface area contributed by atoms with E-state index >= 15 is 0 Å². The maximum atomic E-state index is 5.66. The van der Waals surface area contributed by atoms with E-state index in [1.807, 2.05) is 0 Å². The van der Waals surface area contributed by atoms with Gasteiger partial charge in [-0.05, 0) is 23.3 Å². The Morgan fingerprint density at radius 2 is 2.38 bits per heavy atom. The Balaban J connectivity index is 2.51. The van der Waals surface area contributed by atoms with Gasteiger partial charge < -0.3 is 5.32 Å². The molecule has 1 atom stereocenters. The largest absolute Gasteiger partial charge is 0.350 e. The number of anilines is 1. The van der Waals surface area contributed by atoms with Crippen molar-refractivity contribution in [1.29, 1.82) is 0 Å². The molecule has 0 spiro atoms. The van der Waals surface area contributed by atoms with E-state index in [1.165, 1.54) is 0 Å². The average Bonchev–Trinajstić information content (AvgIpc) is 2.51. The van der Waals surface area contributed by atoms with E-state index in [4.69, 9.17) is 11.6 Å². The summed E-state index contributed by atoms with van der Waals surface area (Å²) in [4.78, 5) is 0. The average molecular weight is 204 g/mol. The first kappa shape index (κ1) is 10.2. The van der Waals surface area contributed by atoms with Crippen LogP contribution in [-0.2, 0) is 7.05 Å². The zero-order valence-corrected chi connectivity index (χ0v) is 8.62. The zero-order valence-electron chi connectivity index (χ0n) is 7.87. The first-order valence-corrected chi connectivity index (χ1v) is 4.86. The van der Waals surface area contributed by atoms with Crippen LogP contribution in [-0.4, -0.2) is 32.1 Å². The van der Waals surface area contributed by atoms with Gasteiger partial charge in [-0.15, -0.1) is 11.6 Å². The van der Waals surface area contributed by atoms with Crippen LogP contribution >= 0.6 is 11.6 Å². The maximum Gasteiger partial charge on any atom is 0.242 e. The molecule has 1 rings (SSSR count). The molecule has 1 N–H and O–H groups in total. The molecule has 0 bridgehead atoms. The normalized spacial score (nSPS) is 12.8. The lowest BCUT2D eigenvalue weighted by Gasteiger charge is -2.14. The fourth-order valence-electron chi connectivity index (χ4n) is 1.04. The van der Waals surface area contributed by atoms with E-state index in [0.717, 1.165) is 12.8 Å². The van der Waals surface area contributed by atoms with Crippen LogP contribution in [0.15, 0.2) is 0 Å². The van der Waals surface area contributed by atoms with E-state index in [1.54, 1.807) is 11.7 Å². The van der Waals surface area contributed by atoms with Crippen LogP contribution in [0.2, 0.25) is 0 Å². The number of aromatic nitrogens is 4. The maximum absolute atomic E-state index is 5.66. The summed E-state index contributed by atoms with van der Waals surface area (Å²) >= 11 is 5.66. The summed E-state index contributed by atoms with van der Waals surface area (Å²) in [7, 11) is 1.80. The van der Waals surface area contributed by atoms with Crippen molar-refractivity contribution in [3.05, 3.63) is 0 Å². The zero-order chi connectivity index (χ0) is 9.68. The van der Waals surface area contributed by atoms with Crippen molar-refractivity contribution >= 4 is 17.5 Å². The summed E-state index contributed by atoms with van der Waals surface area (Å²) in [6.07, 6.45) is 1.94. The van der Waals surface area contributed by atoms with Gasteiger partial charge in [0.15, 0.2) is 0 Å². The smallest absolute Gasteiger partial charge is 0.242 e. The minimum absolute atomic E-state index is 0.349. The molecule has 1 heterocycles. The topological polar surface area (TPSA) is 55.6 Å². The highest BCUT2D eigenvalue weighted by Gasteiger charge is 2.08. The Labute approximate surface area is 82.5 Å². The fraction of sp³-hybridized carbons (Fsp3) is 0.857. The minimum atomic E-state index is 0.349. The first-order valence-electron chi connectivity index (χ1n) is 4.32. The molecule has 0 aliphatic heterocycles. The highest BCUT2D eigenvalue weighted by Crippen LogP contribution is 2.06. The molecule has 0 saturated carbocycles. The number of rotatable bonds is 5. The number of tetrazole rings is 1. The van der Waals surface area contributed by atoms with E-state index in [0.29, 0.717) is 17.9 Å². The van der Waals surface area contributed by atoms with Crippen molar-refractivity contribution in [3.63, 3.8) is 0 Å². The van der Waals surface area contributed by atoms with Gasteiger partial charge in [0.1, 0.15) is 0 Å². The molecule has 0 aliphatic rings. The van der Waals surface area contributed by atoms with Crippen LogP contribution in [0.3, 0.4) is 0 Å². The summed E-state index contributed by atoms with van der Waals surface area (Å²) in [5.41, 5.74) is 0. The van der Waals surface area contributed by atoms with Gasteiger partial charge in [-0.1, -0.05) is 12.0 Å². The second kappa shape index (κ2) is 5.01. The molecule has 1 aromatic rings. The minimum Gasteiger partial charge on any atom is -0.350 e. The summed E-state index contributed by atoms with van der Waals surface area (Å²) in [5.74, 6) is 1.34. The molecule has 0 aliphatic carbocycles. The van der Waals surface area contributed by atoms with Crippen molar-refractivity contribution in [1.82, 2.24) is 20.2 Å². The number of halogens is 1. The van der Waals surface area contributed by atoms with Crippen molar-refractivity contribution < 1.29 is 0 Å². The van der Waals surface area contributed by atoms with Crippen LogP contribution in [0.4, 0.5) is 5.95 Å². The van der Waals surface area contributed by atoms with Gasteiger partial charge in [-0.25, -0.2) is 4.68 Å². The number of nitrogens with one attached hydrogen (secondary N) is 1. The molecular weight excluding hydrogens is 190 g/mol. The third-order valence-electron chi connectivity index (χ3n) is 1.90. The van der Waals surface area contributed by atoms with Gasteiger partial charge in [0, 0.05) is 19.0 Å². The molecule has 5 nitrogen and oxygen atoms in total. The van der Waals surface area contributed by atoms with E-state index in [9.17, 15) is 0 Å². The Morgan fingerprint density at radius 1 is 1.62 bits per heavy atom. The van der Waals surface area contributed by atoms with Gasteiger partial charge in [0.05, 0.1) is 0 Å². The van der Waals surface area contributed by atoms with Gasteiger partial charge in [-0.3, -0.25) is 0 Å². The molecule has 0 fully saturated rings. The second-order valence-electron chi connectivity index (χ2n) is 2.85. The quantitative estimate of drug-likeness (QED) is 0.727. The molecule has 0 amide bonds.